The molecular weight excluding hydrogens is 148 g/mol. The van der Waals surface area contributed by atoms with Crippen LogP contribution in [0.3, 0.4) is 0 Å². The average molecular weight is 162 g/mol. The predicted molar refractivity (Wildman–Crippen MR) is 52.1 cm³/mol. The summed E-state index contributed by atoms with van der Waals surface area (Å²) in [5.41, 5.74) is 8.46. The normalized spacial score (nSPS) is 19.8. The van der Waals surface area contributed by atoms with Crippen LogP contribution in [-0.4, -0.2) is 0 Å². The van der Waals surface area contributed by atoms with Crippen molar-refractivity contribution < 1.29 is 0 Å². The molecule has 0 aromatic carbocycles. The Hall–Kier alpha value is -1.44. The predicted octanol–water partition coefficient (Wildman–Crippen LogP) is 1.80. The van der Waals surface area contributed by atoms with Gasteiger partial charge in [0.25, 0.3) is 0 Å². The fourth-order valence-corrected chi connectivity index (χ4v) is 0.860. The highest BCUT2D eigenvalue weighted by Gasteiger charge is 1.96. The van der Waals surface area contributed by atoms with E-state index in [2.05, 4.69) is 18.0 Å². The minimum Gasteiger partial charge on any atom is -0.399 e. The molecule has 0 bridgehead atoms. The van der Waals surface area contributed by atoms with Crippen molar-refractivity contribution in [3.63, 3.8) is 0 Å². The Kier molecular flexibility index (Phi) is 2.75. The smallest absolute Gasteiger partial charge is 0.0338 e. The first kappa shape index (κ1) is 8.65. The molecule has 12 heavy (non-hydrogen) atoms. The number of rotatable bonds is 2. The summed E-state index contributed by atoms with van der Waals surface area (Å²) in [4.78, 5) is 0. The van der Waals surface area contributed by atoms with Gasteiger partial charge in [0.1, 0.15) is 0 Å². The van der Waals surface area contributed by atoms with E-state index in [9.17, 15) is 0 Å². The lowest BCUT2D eigenvalue weighted by Crippen LogP contribution is -1.99. The van der Waals surface area contributed by atoms with Crippen LogP contribution < -0.4 is 11.1 Å². The average Bonchev–Trinajstić information content (AvgIpc) is 2.51. The van der Waals surface area contributed by atoms with Crippen LogP contribution in [0.15, 0.2) is 48.0 Å². The lowest BCUT2D eigenvalue weighted by Gasteiger charge is -1.98. The second-order valence-electron chi connectivity index (χ2n) is 2.85. The van der Waals surface area contributed by atoms with Crippen molar-refractivity contribution in [3.8, 4) is 0 Å². The molecular formula is C10H14N2. The molecule has 0 spiro atoms. The zero-order valence-corrected chi connectivity index (χ0v) is 7.30. The first-order valence-corrected chi connectivity index (χ1v) is 3.94. The Morgan fingerprint density at radius 3 is 3.00 bits per heavy atom. The van der Waals surface area contributed by atoms with Crippen LogP contribution >= 0.6 is 0 Å². The van der Waals surface area contributed by atoms with Crippen molar-refractivity contribution in [2.24, 2.45) is 5.73 Å². The van der Waals surface area contributed by atoms with Gasteiger partial charge < -0.3 is 11.1 Å². The summed E-state index contributed by atoms with van der Waals surface area (Å²) in [6.45, 7) is 5.64. The fraction of sp³-hybridized carbons (Fsp3) is 0.200. The van der Waals surface area contributed by atoms with Crippen LogP contribution in [0, 0.1) is 0 Å². The number of hydrogen-bond acceptors (Lipinski definition) is 2. The van der Waals surface area contributed by atoms with Crippen molar-refractivity contribution in [1.29, 1.82) is 0 Å². The Morgan fingerprint density at radius 2 is 2.50 bits per heavy atom. The van der Waals surface area contributed by atoms with Crippen molar-refractivity contribution in [2.45, 2.75) is 13.3 Å². The van der Waals surface area contributed by atoms with Crippen LogP contribution in [0.5, 0.6) is 0 Å². The standard InChI is InChI=1S/C10H14N2/c1-8(2)10(11)6-5-9-4-3-7-12-9/h3,5-7,12H,1,4,11H2,2H3/b9-5+,10-6+. The number of nitrogens with one attached hydrogen (secondary N) is 1. The van der Waals surface area contributed by atoms with E-state index in [1.165, 1.54) is 5.70 Å². The van der Waals surface area contributed by atoms with Crippen molar-refractivity contribution in [1.82, 2.24) is 5.32 Å². The molecule has 2 heteroatoms. The van der Waals surface area contributed by atoms with Gasteiger partial charge in [-0.2, -0.15) is 0 Å². The third kappa shape index (κ3) is 2.31. The molecule has 0 radical (unpaired) electrons. The van der Waals surface area contributed by atoms with Crippen LogP contribution in [0.25, 0.3) is 0 Å². The van der Waals surface area contributed by atoms with Crippen LogP contribution in [0.2, 0.25) is 0 Å². The summed E-state index contributed by atoms with van der Waals surface area (Å²) in [5, 5.41) is 3.10. The van der Waals surface area contributed by atoms with Gasteiger partial charge in [-0.25, -0.2) is 0 Å². The highest BCUT2D eigenvalue weighted by atomic mass is 14.9. The van der Waals surface area contributed by atoms with Crippen molar-refractivity contribution in [3.05, 3.63) is 48.0 Å². The van der Waals surface area contributed by atoms with E-state index in [0.717, 1.165) is 17.7 Å². The first-order valence-electron chi connectivity index (χ1n) is 3.94. The molecule has 0 saturated heterocycles. The summed E-state index contributed by atoms with van der Waals surface area (Å²) in [6.07, 6.45) is 8.80. The van der Waals surface area contributed by atoms with E-state index in [1.807, 2.05) is 25.3 Å². The molecule has 1 aliphatic heterocycles. The maximum Gasteiger partial charge on any atom is 0.0338 e. The van der Waals surface area contributed by atoms with Crippen molar-refractivity contribution in [2.75, 3.05) is 0 Å². The van der Waals surface area contributed by atoms with Gasteiger partial charge in [0.05, 0.1) is 0 Å². The summed E-state index contributed by atoms with van der Waals surface area (Å²) in [5.74, 6) is 0. The van der Waals surface area contributed by atoms with Gasteiger partial charge in [-0.15, -0.1) is 0 Å². The summed E-state index contributed by atoms with van der Waals surface area (Å²) in [7, 11) is 0. The summed E-state index contributed by atoms with van der Waals surface area (Å²) >= 11 is 0. The third-order valence-electron chi connectivity index (χ3n) is 1.68. The second kappa shape index (κ2) is 3.81. The highest BCUT2D eigenvalue weighted by molar-refractivity contribution is 5.29. The van der Waals surface area contributed by atoms with Gasteiger partial charge in [0, 0.05) is 17.8 Å². The lowest BCUT2D eigenvalue weighted by molar-refractivity contribution is 1.07. The molecule has 0 aromatic rings. The van der Waals surface area contributed by atoms with E-state index in [4.69, 9.17) is 5.73 Å². The largest absolute Gasteiger partial charge is 0.399 e. The molecule has 64 valence electrons. The zero-order chi connectivity index (χ0) is 8.97. The first-order chi connectivity index (χ1) is 5.70. The Morgan fingerprint density at radius 1 is 1.75 bits per heavy atom. The van der Waals surface area contributed by atoms with E-state index in [0.29, 0.717) is 0 Å². The molecule has 0 aliphatic carbocycles. The van der Waals surface area contributed by atoms with E-state index >= 15 is 0 Å². The SMILES string of the molecule is C=C(C)/C(N)=C\C=C1/CC=CN1. The van der Waals surface area contributed by atoms with Crippen LogP contribution in [0.4, 0.5) is 0 Å². The number of nitrogens with two attached hydrogens (primary N) is 1. The van der Waals surface area contributed by atoms with Gasteiger partial charge in [-0.1, -0.05) is 12.7 Å². The van der Waals surface area contributed by atoms with E-state index < -0.39 is 0 Å². The van der Waals surface area contributed by atoms with Gasteiger partial charge in [0.15, 0.2) is 0 Å². The Balaban J connectivity index is 2.57. The zero-order valence-electron chi connectivity index (χ0n) is 7.30. The third-order valence-corrected chi connectivity index (χ3v) is 1.68. The van der Waals surface area contributed by atoms with Gasteiger partial charge in [-0.3, -0.25) is 0 Å². The van der Waals surface area contributed by atoms with Crippen molar-refractivity contribution >= 4 is 0 Å². The quantitative estimate of drug-likeness (QED) is 0.607. The molecule has 0 amide bonds. The molecule has 1 heterocycles. The maximum absolute atomic E-state index is 5.66. The van der Waals surface area contributed by atoms with Crippen LogP contribution in [0.1, 0.15) is 13.3 Å². The Bertz CT molecular complexity index is 260. The lowest BCUT2D eigenvalue weighted by atomic mass is 10.2. The minimum absolute atomic E-state index is 0.733. The summed E-state index contributed by atoms with van der Waals surface area (Å²) in [6, 6.07) is 0. The van der Waals surface area contributed by atoms with E-state index in [-0.39, 0.29) is 0 Å². The monoisotopic (exact) mass is 162 g/mol. The molecule has 0 aromatic heterocycles. The van der Waals surface area contributed by atoms with Gasteiger partial charge >= 0.3 is 0 Å². The molecule has 1 aliphatic rings. The highest BCUT2D eigenvalue weighted by Crippen LogP contribution is 2.06. The van der Waals surface area contributed by atoms with Gasteiger partial charge in [0.2, 0.25) is 0 Å². The number of hydrogen-bond donors (Lipinski definition) is 2. The Labute approximate surface area is 73.1 Å². The molecule has 1 rings (SSSR count). The molecule has 0 unspecified atom stereocenters. The van der Waals surface area contributed by atoms with Crippen LogP contribution in [-0.2, 0) is 0 Å². The van der Waals surface area contributed by atoms with E-state index in [1.54, 1.807) is 0 Å². The van der Waals surface area contributed by atoms with Gasteiger partial charge in [-0.05, 0) is 30.8 Å². The molecule has 0 saturated carbocycles. The topological polar surface area (TPSA) is 38.0 Å². The minimum atomic E-state index is 0.733. The molecule has 2 nitrogen and oxygen atoms in total. The second-order valence-corrected chi connectivity index (χ2v) is 2.85. The molecule has 0 atom stereocenters. The molecule has 0 fully saturated rings. The molecule has 3 N–H and O–H groups in total. The fourth-order valence-electron chi connectivity index (χ4n) is 0.860. The summed E-state index contributed by atoms with van der Waals surface area (Å²) < 4.78 is 0. The number of allylic oxidation sites excluding steroid dienone is 4. The maximum atomic E-state index is 5.66.